The fourth-order valence-electron chi connectivity index (χ4n) is 2.36. The van der Waals surface area contributed by atoms with E-state index in [1.165, 1.54) is 42.3 Å². The van der Waals surface area contributed by atoms with Gasteiger partial charge in [0, 0.05) is 11.2 Å². The maximum atomic E-state index is 12.4. The van der Waals surface area contributed by atoms with E-state index < -0.39 is 10.8 Å². The summed E-state index contributed by atoms with van der Waals surface area (Å²) < 4.78 is 11.9. The van der Waals surface area contributed by atoms with E-state index in [1.54, 1.807) is 18.2 Å². The van der Waals surface area contributed by atoms with Crippen LogP contribution in [0, 0.1) is 10.1 Å². The van der Waals surface area contributed by atoms with Gasteiger partial charge in [0.25, 0.3) is 11.6 Å². The zero-order valence-electron chi connectivity index (χ0n) is 15.0. The van der Waals surface area contributed by atoms with Gasteiger partial charge in [0.2, 0.25) is 0 Å². The lowest BCUT2D eigenvalue weighted by Crippen LogP contribution is -2.15. The van der Waals surface area contributed by atoms with Crippen LogP contribution in [0.2, 0.25) is 10.0 Å². The van der Waals surface area contributed by atoms with Gasteiger partial charge in [-0.05, 0) is 36.4 Å². The highest BCUT2D eigenvalue weighted by Gasteiger charge is 2.19. The Morgan fingerprint density at radius 3 is 2.72 bits per heavy atom. The van der Waals surface area contributed by atoms with Crippen molar-refractivity contribution in [1.82, 2.24) is 9.78 Å². The van der Waals surface area contributed by atoms with Gasteiger partial charge in [-0.25, -0.2) is 4.68 Å². The van der Waals surface area contributed by atoms with Crippen LogP contribution in [0.5, 0.6) is 11.5 Å². The van der Waals surface area contributed by atoms with E-state index in [0.717, 1.165) is 0 Å². The summed E-state index contributed by atoms with van der Waals surface area (Å²) in [6.45, 7) is -0.00266. The fourth-order valence-corrected chi connectivity index (χ4v) is 2.83. The van der Waals surface area contributed by atoms with Gasteiger partial charge >= 0.3 is 0 Å². The fraction of sp³-hybridized carbons (Fsp3) is 0.111. The summed E-state index contributed by atoms with van der Waals surface area (Å²) in [6, 6.07) is 10.4. The smallest absolute Gasteiger partial charge is 0.296 e. The minimum atomic E-state index is -0.611. The second-order valence-electron chi connectivity index (χ2n) is 5.68. The van der Waals surface area contributed by atoms with Crippen molar-refractivity contribution in [2.75, 3.05) is 12.4 Å². The van der Waals surface area contributed by atoms with Crippen LogP contribution in [0.4, 0.5) is 11.4 Å². The molecule has 0 spiro atoms. The number of methoxy groups -OCH3 is 1. The average molecular weight is 437 g/mol. The molecule has 3 aromatic rings. The SMILES string of the molecule is COc1ccc(NC(=O)c2ccn(COc3ccc(Cl)cc3Cl)n2)c([N+](=O)[O-])c1. The third-order valence-electron chi connectivity index (χ3n) is 3.77. The Morgan fingerprint density at radius 2 is 2.03 bits per heavy atom. The molecule has 0 saturated carbocycles. The molecular formula is C18H14Cl2N4O5. The maximum absolute atomic E-state index is 12.4. The van der Waals surface area contributed by atoms with Crippen molar-refractivity contribution in [3.8, 4) is 11.5 Å². The van der Waals surface area contributed by atoms with E-state index in [9.17, 15) is 14.9 Å². The molecule has 1 aromatic heterocycles. The van der Waals surface area contributed by atoms with Gasteiger partial charge in [-0.15, -0.1) is 0 Å². The second kappa shape index (κ2) is 8.80. The third-order valence-corrected chi connectivity index (χ3v) is 4.30. The molecule has 0 aliphatic rings. The summed E-state index contributed by atoms with van der Waals surface area (Å²) in [6.07, 6.45) is 1.53. The van der Waals surface area contributed by atoms with Crippen molar-refractivity contribution in [2.45, 2.75) is 6.73 Å². The van der Waals surface area contributed by atoms with Crippen LogP contribution in [-0.2, 0) is 6.73 Å². The van der Waals surface area contributed by atoms with Crippen LogP contribution >= 0.6 is 23.2 Å². The zero-order chi connectivity index (χ0) is 21.0. The van der Waals surface area contributed by atoms with Crippen LogP contribution < -0.4 is 14.8 Å². The number of carbonyl (C=O) groups excluding carboxylic acids is 1. The Morgan fingerprint density at radius 1 is 1.24 bits per heavy atom. The number of nitrogens with zero attached hydrogens (tertiary/aromatic N) is 3. The number of carbonyl (C=O) groups is 1. The maximum Gasteiger partial charge on any atom is 0.296 e. The Bertz CT molecular complexity index is 1070. The molecular weight excluding hydrogens is 423 g/mol. The number of nitro groups is 1. The highest BCUT2D eigenvalue weighted by molar-refractivity contribution is 6.35. The van der Waals surface area contributed by atoms with Crippen molar-refractivity contribution in [1.29, 1.82) is 0 Å². The van der Waals surface area contributed by atoms with Crippen molar-refractivity contribution in [2.24, 2.45) is 0 Å². The van der Waals surface area contributed by atoms with Crippen LogP contribution in [0.3, 0.4) is 0 Å². The van der Waals surface area contributed by atoms with Gasteiger partial charge in [0.05, 0.1) is 23.1 Å². The number of amides is 1. The molecule has 150 valence electrons. The first-order valence-electron chi connectivity index (χ1n) is 8.12. The van der Waals surface area contributed by atoms with E-state index in [2.05, 4.69) is 10.4 Å². The summed E-state index contributed by atoms with van der Waals surface area (Å²) in [4.78, 5) is 23.0. The highest BCUT2D eigenvalue weighted by atomic mass is 35.5. The molecule has 9 nitrogen and oxygen atoms in total. The normalized spacial score (nSPS) is 10.4. The van der Waals surface area contributed by atoms with Crippen LogP contribution in [0.25, 0.3) is 0 Å². The number of hydrogen-bond acceptors (Lipinski definition) is 6. The predicted octanol–water partition coefficient (Wildman–Crippen LogP) is 4.40. The van der Waals surface area contributed by atoms with Gasteiger partial charge < -0.3 is 14.8 Å². The Hall–Kier alpha value is -3.30. The summed E-state index contributed by atoms with van der Waals surface area (Å²) in [5, 5.41) is 18.6. The standard InChI is InChI=1S/C18H14Cl2N4O5/c1-28-12-3-4-14(16(9-12)24(26)27)21-18(25)15-6-7-23(22-15)10-29-17-5-2-11(19)8-13(17)20/h2-9H,10H2,1H3,(H,21,25). The zero-order valence-corrected chi connectivity index (χ0v) is 16.5. The lowest BCUT2D eigenvalue weighted by atomic mass is 10.2. The van der Waals surface area contributed by atoms with Crippen LogP contribution in [0.1, 0.15) is 10.5 Å². The number of nitro benzene ring substituents is 1. The molecule has 0 aliphatic heterocycles. The van der Waals surface area contributed by atoms with Gasteiger partial charge in [-0.2, -0.15) is 5.10 Å². The number of anilines is 1. The molecule has 29 heavy (non-hydrogen) atoms. The third kappa shape index (κ3) is 4.95. The Balaban J connectivity index is 1.69. The van der Waals surface area contributed by atoms with Crippen molar-refractivity contribution in [3.05, 3.63) is 74.5 Å². The lowest BCUT2D eigenvalue weighted by molar-refractivity contribution is -0.384. The molecule has 0 fully saturated rings. The van der Waals surface area contributed by atoms with Crippen molar-refractivity contribution in [3.63, 3.8) is 0 Å². The first-order valence-corrected chi connectivity index (χ1v) is 8.88. The molecule has 0 saturated heterocycles. The van der Waals surface area contributed by atoms with Gasteiger partial charge in [0.1, 0.15) is 17.2 Å². The number of hydrogen-bond donors (Lipinski definition) is 1. The van der Waals surface area contributed by atoms with Crippen LogP contribution in [0.15, 0.2) is 48.7 Å². The summed E-state index contributed by atoms with van der Waals surface area (Å²) in [5.74, 6) is 0.102. The van der Waals surface area contributed by atoms with E-state index in [-0.39, 0.29) is 23.8 Å². The molecule has 11 heteroatoms. The van der Waals surface area contributed by atoms with Gasteiger partial charge in [-0.1, -0.05) is 23.2 Å². The number of nitrogens with one attached hydrogen (secondary N) is 1. The molecule has 1 N–H and O–H groups in total. The average Bonchev–Trinajstić information content (AvgIpc) is 3.16. The lowest BCUT2D eigenvalue weighted by Gasteiger charge is -2.08. The van der Waals surface area contributed by atoms with Gasteiger partial charge in [0.15, 0.2) is 12.4 Å². The molecule has 0 radical (unpaired) electrons. The number of halogens is 2. The Labute approximate surface area is 174 Å². The largest absolute Gasteiger partial charge is 0.496 e. The van der Waals surface area contributed by atoms with E-state index >= 15 is 0 Å². The number of benzene rings is 2. The van der Waals surface area contributed by atoms with Crippen molar-refractivity contribution < 1.29 is 19.2 Å². The van der Waals surface area contributed by atoms with Crippen molar-refractivity contribution >= 4 is 40.5 Å². The predicted molar refractivity (Wildman–Crippen MR) is 107 cm³/mol. The first-order chi connectivity index (χ1) is 13.9. The van der Waals surface area contributed by atoms with Gasteiger partial charge in [-0.3, -0.25) is 14.9 Å². The molecule has 0 aliphatic carbocycles. The molecule has 1 amide bonds. The first kappa shape index (κ1) is 20.4. The molecule has 2 aromatic carbocycles. The van der Waals surface area contributed by atoms with E-state index in [1.807, 2.05) is 0 Å². The molecule has 0 unspecified atom stereocenters. The number of rotatable bonds is 7. The summed E-state index contributed by atoms with van der Waals surface area (Å²) >= 11 is 11.9. The van der Waals surface area contributed by atoms with E-state index in [4.69, 9.17) is 32.7 Å². The topological polar surface area (TPSA) is 109 Å². The molecule has 1 heterocycles. The number of ether oxygens (including phenoxy) is 2. The van der Waals surface area contributed by atoms with Crippen LogP contribution in [-0.4, -0.2) is 27.7 Å². The minimum absolute atomic E-state index is 0.00266. The Kier molecular flexibility index (Phi) is 6.20. The summed E-state index contributed by atoms with van der Waals surface area (Å²) in [5.41, 5.74) is -0.210. The number of aromatic nitrogens is 2. The molecule has 0 atom stereocenters. The highest BCUT2D eigenvalue weighted by Crippen LogP contribution is 2.29. The molecule has 3 rings (SSSR count). The minimum Gasteiger partial charge on any atom is -0.496 e. The quantitative estimate of drug-likeness (QED) is 0.434. The summed E-state index contributed by atoms with van der Waals surface area (Å²) in [7, 11) is 1.39. The monoisotopic (exact) mass is 436 g/mol. The second-order valence-corrected chi connectivity index (χ2v) is 6.53. The van der Waals surface area contributed by atoms with E-state index in [0.29, 0.717) is 21.5 Å². The molecule has 0 bridgehead atoms.